The third-order valence-corrected chi connectivity index (χ3v) is 2.57. The summed E-state index contributed by atoms with van der Waals surface area (Å²) in [5.74, 6) is -0.840. The first-order chi connectivity index (χ1) is 8.06. The number of carbonyl (C=O) groups excluding carboxylic acids is 1. The Kier molecular flexibility index (Phi) is 4.34. The van der Waals surface area contributed by atoms with Crippen LogP contribution in [0.25, 0.3) is 0 Å². The molecule has 5 heteroatoms. The molecule has 1 aromatic carbocycles. The Morgan fingerprint density at radius 3 is 2.53 bits per heavy atom. The molecule has 0 saturated carbocycles. The van der Waals surface area contributed by atoms with Gasteiger partial charge in [0.05, 0.1) is 14.2 Å². The molecule has 1 unspecified atom stereocenters. The summed E-state index contributed by atoms with van der Waals surface area (Å²) in [4.78, 5) is 11.3. The summed E-state index contributed by atoms with van der Waals surface area (Å²) in [5, 5.41) is 19.7. The number of aliphatic hydroxyl groups excluding tert-OH is 1. The molecule has 5 nitrogen and oxygen atoms in total. The van der Waals surface area contributed by atoms with Gasteiger partial charge in [0.1, 0.15) is 0 Å². The van der Waals surface area contributed by atoms with E-state index in [4.69, 9.17) is 4.74 Å². The zero-order chi connectivity index (χ0) is 13.0. The van der Waals surface area contributed by atoms with E-state index >= 15 is 0 Å². The average Bonchev–Trinajstić information content (AvgIpc) is 2.36. The highest BCUT2D eigenvalue weighted by Crippen LogP contribution is 2.37. The first-order valence-electron chi connectivity index (χ1n) is 5.21. The fraction of sp³-hybridized carbons (Fsp3) is 0.417. The molecule has 0 bridgehead atoms. The number of hydrogen-bond acceptors (Lipinski definition) is 5. The van der Waals surface area contributed by atoms with Gasteiger partial charge in [-0.2, -0.15) is 0 Å². The van der Waals surface area contributed by atoms with Crippen LogP contribution in [0.15, 0.2) is 12.1 Å². The Labute approximate surface area is 99.6 Å². The second-order valence-corrected chi connectivity index (χ2v) is 3.47. The van der Waals surface area contributed by atoms with Gasteiger partial charge >= 0.3 is 5.97 Å². The molecule has 0 spiro atoms. The number of aliphatic hydroxyl groups is 1. The summed E-state index contributed by atoms with van der Waals surface area (Å²) in [6, 6.07) is 3.28. The molecule has 94 valence electrons. The second kappa shape index (κ2) is 5.54. The van der Waals surface area contributed by atoms with E-state index in [9.17, 15) is 15.0 Å². The van der Waals surface area contributed by atoms with E-state index in [0.29, 0.717) is 12.0 Å². The summed E-state index contributed by atoms with van der Waals surface area (Å²) >= 11 is 0. The monoisotopic (exact) mass is 240 g/mol. The smallest absolute Gasteiger partial charge is 0.339 e. The Bertz CT molecular complexity index is 414. The van der Waals surface area contributed by atoms with Crippen LogP contribution in [0.4, 0.5) is 0 Å². The molecule has 0 aliphatic rings. The van der Waals surface area contributed by atoms with Gasteiger partial charge in [-0.3, -0.25) is 0 Å². The van der Waals surface area contributed by atoms with Crippen molar-refractivity contribution in [1.82, 2.24) is 0 Å². The Hall–Kier alpha value is -1.75. The number of phenols is 1. The van der Waals surface area contributed by atoms with E-state index in [-0.39, 0.29) is 17.1 Å². The van der Waals surface area contributed by atoms with Crippen LogP contribution >= 0.6 is 0 Å². The van der Waals surface area contributed by atoms with Crippen molar-refractivity contribution >= 4 is 5.97 Å². The minimum Gasteiger partial charge on any atom is -0.504 e. The van der Waals surface area contributed by atoms with Gasteiger partial charge in [0, 0.05) is 5.56 Å². The number of phenolic OH excluding ortho intramolecular Hbond substituents is 1. The van der Waals surface area contributed by atoms with Crippen LogP contribution in [0.1, 0.15) is 24.2 Å². The molecule has 0 saturated heterocycles. The Morgan fingerprint density at radius 2 is 2.06 bits per heavy atom. The van der Waals surface area contributed by atoms with Crippen molar-refractivity contribution in [3.63, 3.8) is 0 Å². The molecule has 17 heavy (non-hydrogen) atoms. The largest absolute Gasteiger partial charge is 0.504 e. The van der Waals surface area contributed by atoms with Gasteiger partial charge in [-0.1, -0.05) is 13.0 Å². The van der Waals surface area contributed by atoms with Crippen LogP contribution in [0.2, 0.25) is 0 Å². The second-order valence-electron chi connectivity index (χ2n) is 3.47. The number of methoxy groups -OCH3 is 2. The Morgan fingerprint density at radius 1 is 1.41 bits per heavy atom. The van der Waals surface area contributed by atoms with Gasteiger partial charge in [-0.25, -0.2) is 4.79 Å². The predicted molar refractivity (Wildman–Crippen MR) is 61.0 cm³/mol. The molecule has 0 aliphatic carbocycles. The minimum atomic E-state index is -1.51. The number of carbonyl (C=O) groups is 1. The molecule has 0 aliphatic heterocycles. The maximum Gasteiger partial charge on any atom is 0.339 e. The molecule has 1 atom stereocenters. The van der Waals surface area contributed by atoms with Crippen molar-refractivity contribution in [3.05, 3.63) is 23.3 Å². The van der Waals surface area contributed by atoms with Crippen LogP contribution < -0.4 is 4.74 Å². The van der Waals surface area contributed by atoms with Crippen molar-refractivity contribution in [1.29, 1.82) is 0 Å². The molecule has 0 fully saturated rings. The van der Waals surface area contributed by atoms with Gasteiger partial charge in [-0.15, -0.1) is 0 Å². The van der Waals surface area contributed by atoms with Crippen molar-refractivity contribution in [2.75, 3.05) is 14.2 Å². The third kappa shape index (κ3) is 2.50. The molecule has 0 heterocycles. The number of rotatable bonds is 4. The van der Waals surface area contributed by atoms with Crippen LogP contribution in [0.3, 0.4) is 0 Å². The highest BCUT2D eigenvalue weighted by Gasteiger charge is 2.26. The van der Waals surface area contributed by atoms with Gasteiger partial charge in [0.2, 0.25) is 0 Å². The van der Waals surface area contributed by atoms with Gasteiger partial charge in [0.25, 0.3) is 0 Å². The first-order valence-corrected chi connectivity index (χ1v) is 5.21. The maximum absolute atomic E-state index is 11.3. The zero-order valence-corrected chi connectivity index (χ0v) is 10.1. The maximum atomic E-state index is 11.3. The van der Waals surface area contributed by atoms with E-state index in [1.807, 2.05) is 6.92 Å². The molecule has 2 N–H and O–H groups in total. The third-order valence-electron chi connectivity index (χ3n) is 2.57. The molecular formula is C12H16O5. The molecule has 0 amide bonds. The fourth-order valence-electron chi connectivity index (χ4n) is 1.64. The van der Waals surface area contributed by atoms with Crippen LogP contribution in [-0.4, -0.2) is 30.4 Å². The number of ether oxygens (including phenoxy) is 2. The lowest BCUT2D eigenvalue weighted by Gasteiger charge is -2.16. The molecule has 0 aromatic heterocycles. The van der Waals surface area contributed by atoms with Crippen LogP contribution in [-0.2, 0) is 16.0 Å². The predicted octanol–water partition coefficient (Wildman–Crippen LogP) is 1.17. The number of esters is 1. The number of aryl methyl sites for hydroxylation is 1. The van der Waals surface area contributed by atoms with Crippen molar-refractivity contribution < 1.29 is 24.5 Å². The topological polar surface area (TPSA) is 76.0 Å². The molecule has 1 rings (SSSR count). The van der Waals surface area contributed by atoms with E-state index in [1.165, 1.54) is 14.2 Å². The molecular weight excluding hydrogens is 224 g/mol. The fourth-order valence-corrected chi connectivity index (χ4v) is 1.64. The van der Waals surface area contributed by atoms with E-state index in [0.717, 1.165) is 0 Å². The minimum absolute atomic E-state index is 0.138. The first kappa shape index (κ1) is 13.3. The number of benzene rings is 1. The van der Waals surface area contributed by atoms with Gasteiger partial charge < -0.3 is 19.7 Å². The van der Waals surface area contributed by atoms with Crippen molar-refractivity contribution in [2.45, 2.75) is 19.4 Å². The Balaban J connectivity index is 3.32. The van der Waals surface area contributed by atoms with Gasteiger partial charge in [0.15, 0.2) is 17.6 Å². The summed E-state index contributed by atoms with van der Waals surface area (Å²) in [6.07, 6.45) is -0.939. The highest BCUT2D eigenvalue weighted by atomic mass is 16.5. The average molecular weight is 240 g/mol. The van der Waals surface area contributed by atoms with Crippen molar-refractivity contribution in [2.24, 2.45) is 0 Å². The summed E-state index contributed by atoms with van der Waals surface area (Å²) < 4.78 is 9.39. The van der Waals surface area contributed by atoms with Crippen LogP contribution in [0, 0.1) is 0 Å². The summed E-state index contributed by atoms with van der Waals surface area (Å²) in [6.45, 7) is 1.86. The van der Waals surface area contributed by atoms with E-state index in [1.54, 1.807) is 12.1 Å². The lowest BCUT2D eigenvalue weighted by molar-refractivity contribution is -0.150. The molecule has 1 aromatic rings. The van der Waals surface area contributed by atoms with Crippen molar-refractivity contribution in [3.8, 4) is 11.5 Å². The lowest BCUT2D eigenvalue weighted by Crippen LogP contribution is -2.15. The zero-order valence-electron chi connectivity index (χ0n) is 10.1. The number of aromatic hydroxyl groups is 1. The summed E-state index contributed by atoms with van der Waals surface area (Å²) in [7, 11) is 2.57. The standard InChI is InChI=1S/C12H16O5/c1-4-7-5-6-8(16-2)10(13)9(7)11(14)12(15)17-3/h5-6,11,13-14H,4H2,1-3H3. The SMILES string of the molecule is CCc1ccc(OC)c(O)c1C(O)C(=O)OC. The lowest BCUT2D eigenvalue weighted by atomic mass is 9.98. The van der Waals surface area contributed by atoms with E-state index in [2.05, 4.69) is 4.74 Å². The quantitative estimate of drug-likeness (QED) is 0.772. The summed E-state index contributed by atoms with van der Waals surface area (Å²) in [5.41, 5.74) is 0.805. The highest BCUT2D eigenvalue weighted by molar-refractivity contribution is 5.78. The number of hydrogen-bond donors (Lipinski definition) is 2. The normalized spacial score (nSPS) is 12.0. The van der Waals surface area contributed by atoms with Gasteiger partial charge in [-0.05, 0) is 18.1 Å². The van der Waals surface area contributed by atoms with E-state index < -0.39 is 12.1 Å². The van der Waals surface area contributed by atoms with Crippen LogP contribution in [0.5, 0.6) is 11.5 Å². The molecule has 0 radical (unpaired) electrons.